The molecule has 0 amide bonds. The number of hydrogen-bond donors (Lipinski definition) is 0. The molecule has 0 saturated heterocycles. The molecule has 19 heavy (non-hydrogen) atoms. The van der Waals surface area contributed by atoms with Crippen molar-refractivity contribution in [3.63, 3.8) is 0 Å². The minimum Gasteiger partial charge on any atom is -0.0842 e. The zero-order chi connectivity index (χ0) is 12.5. The Balaban J connectivity index is 0.000000220. The van der Waals surface area contributed by atoms with Crippen LogP contribution in [0, 0.1) is 0 Å². The van der Waals surface area contributed by atoms with Crippen molar-refractivity contribution in [1.82, 2.24) is 0 Å². The first-order chi connectivity index (χ1) is 8.97. The molecule has 2 aromatic carbocycles. The summed E-state index contributed by atoms with van der Waals surface area (Å²) in [5.41, 5.74) is 2.55. The fraction of sp³-hybridized carbons (Fsp3) is 0.111. The average molecular weight is 429 g/mol. The van der Waals surface area contributed by atoms with Gasteiger partial charge in [0.05, 0.1) is 0 Å². The Morgan fingerprint density at radius 2 is 0.895 bits per heavy atom. The summed E-state index contributed by atoms with van der Waals surface area (Å²) in [5.74, 6) is 0. The first-order valence-electron chi connectivity index (χ1n) is 6.39. The molecule has 0 N–H and O–H groups in total. The number of hydrogen-bond acceptors (Lipinski definition) is 0. The van der Waals surface area contributed by atoms with Gasteiger partial charge in [-0.05, 0) is 24.0 Å². The van der Waals surface area contributed by atoms with Crippen LogP contribution in [-0.4, -0.2) is 0 Å². The minimum atomic E-state index is 0. The molecule has 0 spiro atoms. The molecule has 0 saturated carbocycles. The van der Waals surface area contributed by atoms with E-state index in [0.717, 1.165) is 0 Å². The number of allylic oxidation sites excluding steroid dienone is 4. The van der Waals surface area contributed by atoms with Crippen LogP contribution in [0.25, 0.3) is 11.1 Å². The van der Waals surface area contributed by atoms with Gasteiger partial charge in [-0.1, -0.05) is 85.0 Å². The molecule has 100 valence electrons. The molecule has 0 atom stereocenters. The zero-order valence-electron chi connectivity index (χ0n) is 10.8. The predicted octanol–water partition coefficient (Wildman–Crippen LogP) is 5.24. The normalized spacial score (nSPS) is 12.0. The molecule has 0 unspecified atom stereocenters. The Hall–Kier alpha value is -1.39. The van der Waals surface area contributed by atoms with E-state index in [9.17, 15) is 0 Å². The van der Waals surface area contributed by atoms with Crippen LogP contribution in [-0.2, 0) is 21.1 Å². The minimum absolute atomic E-state index is 0. The summed E-state index contributed by atoms with van der Waals surface area (Å²) in [4.78, 5) is 0. The molecule has 0 heterocycles. The fourth-order valence-corrected chi connectivity index (χ4v) is 1.80. The first kappa shape index (κ1) is 15.7. The van der Waals surface area contributed by atoms with Crippen LogP contribution in [0.5, 0.6) is 0 Å². The van der Waals surface area contributed by atoms with Crippen LogP contribution in [0.3, 0.4) is 0 Å². The van der Waals surface area contributed by atoms with Gasteiger partial charge in [-0.15, -0.1) is 0 Å². The molecule has 0 aliphatic heterocycles. The molecule has 0 bridgehead atoms. The molecule has 2 aromatic rings. The zero-order valence-corrected chi connectivity index (χ0v) is 13.1. The van der Waals surface area contributed by atoms with Gasteiger partial charge in [0.15, 0.2) is 0 Å². The molecule has 0 nitrogen and oxygen atoms in total. The second-order valence-corrected chi connectivity index (χ2v) is 4.17. The monoisotopic (exact) mass is 429 g/mol. The summed E-state index contributed by atoms with van der Waals surface area (Å²) in [5, 5.41) is 0. The second kappa shape index (κ2) is 9.53. The van der Waals surface area contributed by atoms with Crippen molar-refractivity contribution < 1.29 is 21.1 Å². The van der Waals surface area contributed by atoms with E-state index in [2.05, 4.69) is 72.8 Å². The van der Waals surface area contributed by atoms with Crippen LogP contribution in [0.2, 0.25) is 0 Å². The van der Waals surface area contributed by atoms with Crippen molar-refractivity contribution in [1.29, 1.82) is 0 Å². The van der Waals surface area contributed by atoms with Crippen molar-refractivity contribution in [3.05, 3.63) is 85.0 Å². The molecule has 0 fully saturated rings. The smallest absolute Gasteiger partial charge is 0 e. The van der Waals surface area contributed by atoms with Gasteiger partial charge in [0, 0.05) is 21.1 Å². The van der Waals surface area contributed by atoms with Crippen LogP contribution >= 0.6 is 0 Å². The molecule has 1 aliphatic rings. The van der Waals surface area contributed by atoms with Crippen LogP contribution in [0.15, 0.2) is 85.0 Å². The molecule has 0 radical (unpaired) electrons. The molecule has 1 heteroatoms. The first-order valence-corrected chi connectivity index (χ1v) is 6.39. The molecular formula is C18H18Pt. The maximum atomic E-state index is 2.18. The summed E-state index contributed by atoms with van der Waals surface area (Å²) >= 11 is 0. The van der Waals surface area contributed by atoms with Crippen molar-refractivity contribution in [2.45, 2.75) is 12.8 Å². The Morgan fingerprint density at radius 1 is 0.526 bits per heavy atom. The van der Waals surface area contributed by atoms with Gasteiger partial charge in [0.1, 0.15) is 0 Å². The van der Waals surface area contributed by atoms with E-state index in [1.807, 2.05) is 12.1 Å². The van der Waals surface area contributed by atoms with Crippen molar-refractivity contribution in [2.24, 2.45) is 0 Å². The third-order valence-electron chi connectivity index (χ3n) is 2.76. The number of rotatable bonds is 1. The van der Waals surface area contributed by atoms with Gasteiger partial charge in [-0.25, -0.2) is 0 Å². The summed E-state index contributed by atoms with van der Waals surface area (Å²) in [6.45, 7) is 0. The van der Waals surface area contributed by atoms with Crippen LogP contribution < -0.4 is 0 Å². The summed E-state index contributed by atoms with van der Waals surface area (Å²) in [6.07, 6.45) is 11.0. The third kappa shape index (κ3) is 5.85. The van der Waals surface area contributed by atoms with Gasteiger partial charge >= 0.3 is 0 Å². The molecular weight excluding hydrogens is 411 g/mol. The van der Waals surface area contributed by atoms with E-state index in [4.69, 9.17) is 0 Å². The van der Waals surface area contributed by atoms with Crippen LogP contribution in [0.4, 0.5) is 0 Å². The molecule has 1 aliphatic carbocycles. The van der Waals surface area contributed by atoms with E-state index < -0.39 is 0 Å². The Kier molecular flexibility index (Phi) is 7.85. The van der Waals surface area contributed by atoms with Gasteiger partial charge in [0.25, 0.3) is 0 Å². The Morgan fingerprint density at radius 3 is 1.16 bits per heavy atom. The maximum Gasteiger partial charge on any atom is 0 e. The van der Waals surface area contributed by atoms with Crippen molar-refractivity contribution >= 4 is 0 Å². The Labute approximate surface area is 130 Å². The fourth-order valence-electron chi connectivity index (χ4n) is 1.80. The van der Waals surface area contributed by atoms with Gasteiger partial charge in [-0.3, -0.25) is 0 Å². The Bertz CT molecular complexity index is 448. The van der Waals surface area contributed by atoms with E-state index in [1.165, 1.54) is 24.0 Å². The van der Waals surface area contributed by atoms with E-state index in [1.54, 1.807) is 0 Å². The topological polar surface area (TPSA) is 0 Å². The average Bonchev–Trinajstić information content (AvgIpc) is 2.51. The summed E-state index contributed by atoms with van der Waals surface area (Å²) in [7, 11) is 0. The predicted molar refractivity (Wildman–Crippen MR) is 79.4 cm³/mol. The SMILES string of the molecule is C1=CCCC=C1.[Pt].c1ccc(-c2ccccc2)cc1. The van der Waals surface area contributed by atoms with Gasteiger partial charge in [0.2, 0.25) is 0 Å². The van der Waals surface area contributed by atoms with Crippen LogP contribution in [0.1, 0.15) is 12.8 Å². The largest absolute Gasteiger partial charge is 0.0842 e. The standard InChI is InChI=1S/C12H10.C6H8.Pt/c1-3-7-11(8-4-1)12-9-5-2-6-10-12;1-2-4-6-5-3-1;/h1-10H;1-4H,5-6H2;. The van der Waals surface area contributed by atoms with E-state index >= 15 is 0 Å². The van der Waals surface area contributed by atoms with Crippen molar-refractivity contribution in [3.8, 4) is 11.1 Å². The quantitative estimate of drug-likeness (QED) is 0.582. The number of benzene rings is 2. The third-order valence-corrected chi connectivity index (χ3v) is 2.76. The van der Waals surface area contributed by atoms with Crippen molar-refractivity contribution in [2.75, 3.05) is 0 Å². The van der Waals surface area contributed by atoms with E-state index in [0.29, 0.717) is 0 Å². The summed E-state index contributed by atoms with van der Waals surface area (Å²) in [6, 6.07) is 20.8. The van der Waals surface area contributed by atoms with Gasteiger partial charge < -0.3 is 0 Å². The molecule has 3 rings (SSSR count). The second-order valence-electron chi connectivity index (χ2n) is 4.17. The summed E-state index contributed by atoms with van der Waals surface area (Å²) < 4.78 is 0. The van der Waals surface area contributed by atoms with Gasteiger partial charge in [-0.2, -0.15) is 0 Å². The maximum absolute atomic E-state index is 2.18. The molecule has 0 aromatic heterocycles. The van der Waals surface area contributed by atoms with E-state index in [-0.39, 0.29) is 21.1 Å².